The molecule has 2 unspecified atom stereocenters. The normalized spacial score (nSPS) is 12.2. The van der Waals surface area contributed by atoms with E-state index in [1.165, 1.54) is 14.2 Å². The van der Waals surface area contributed by atoms with Crippen molar-refractivity contribution in [1.82, 2.24) is 20.6 Å². The second-order valence-corrected chi connectivity index (χ2v) is 14.7. The van der Waals surface area contributed by atoms with E-state index in [1.807, 2.05) is 134 Å². The van der Waals surface area contributed by atoms with Crippen LogP contribution in [0, 0.1) is 0 Å². The highest BCUT2D eigenvalue weighted by molar-refractivity contribution is 5.93. The number of fused-ring (bicyclic) bond motifs is 4. The number of rotatable bonds is 16. The minimum atomic E-state index is -0.946. The smallest absolute Gasteiger partial charge is 0.328 e. The van der Waals surface area contributed by atoms with Crippen LogP contribution < -0.4 is 20.1 Å². The first-order chi connectivity index (χ1) is 29.8. The van der Waals surface area contributed by atoms with Gasteiger partial charge in [-0.2, -0.15) is 0 Å². The lowest BCUT2D eigenvalue weighted by Crippen LogP contribution is -2.45. The van der Waals surface area contributed by atoms with Crippen molar-refractivity contribution in [3.63, 3.8) is 0 Å². The standard InChI is InChI=1S/C49H44N4O8/c1-58-48(56)42(24-34-26-50-40-17-9-7-13-36(34)40)52-44(54)28-60-46-32(21-19-30-11-3-5-15-38(30)46)23-33-22-20-31-12-4-6-16-39(31)47(33)61-29-45(55)53-43(49(57)59-2)25-35-27-51-41-18-10-8-14-37(35)41/h3-22,26-27,42-43,50-51H,23-25,28-29H2,1-2H3,(H,52,54)(H,53,55). The third kappa shape index (κ3) is 8.88. The van der Waals surface area contributed by atoms with Crippen LogP contribution in [0.4, 0.5) is 0 Å². The van der Waals surface area contributed by atoms with Crippen LogP contribution in [0.25, 0.3) is 43.4 Å². The zero-order valence-corrected chi connectivity index (χ0v) is 33.7. The summed E-state index contributed by atoms with van der Waals surface area (Å²) >= 11 is 0. The van der Waals surface area contributed by atoms with Crippen LogP contribution in [0.5, 0.6) is 11.5 Å². The molecule has 0 fully saturated rings. The lowest BCUT2D eigenvalue weighted by atomic mass is 9.97. The minimum Gasteiger partial charge on any atom is -0.483 e. The van der Waals surface area contributed by atoms with E-state index in [0.717, 1.165) is 65.6 Å². The van der Waals surface area contributed by atoms with Crippen LogP contribution in [0.3, 0.4) is 0 Å². The van der Waals surface area contributed by atoms with Crippen LogP contribution in [0.15, 0.2) is 134 Å². The molecule has 8 rings (SSSR count). The molecule has 6 aromatic carbocycles. The van der Waals surface area contributed by atoms with Crippen LogP contribution in [-0.2, 0) is 47.9 Å². The number of hydrogen-bond donors (Lipinski definition) is 4. The van der Waals surface area contributed by atoms with E-state index >= 15 is 0 Å². The molecule has 0 radical (unpaired) electrons. The van der Waals surface area contributed by atoms with Gasteiger partial charge in [-0.05, 0) is 45.2 Å². The zero-order valence-electron chi connectivity index (χ0n) is 33.7. The molecular formula is C49H44N4O8. The highest BCUT2D eigenvalue weighted by Crippen LogP contribution is 2.36. The van der Waals surface area contributed by atoms with Crippen LogP contribution >= 0.6 is 0 Å². The number of ether oxygens (including phenoxy) is 4. The first kappa shape index (κ1) is 40.2. The van der Waals surface area contributed by atoms with Crippen molar-refractivity contribution in [3.05, 3.63) is 156 Å². The van der Waals surface area contributed by atoms with Gasteiger partial charge in [-0.3, -0.25) is 9.59 Å². The van der Waals surface area contributed by atoms with Crippen LogP contribution in [0.2, 0.25) is 0 Å². The Morgan fingerprint density at radius 2 is 0.885 bits per heavy atom. The molecule has 2 heterocycles. The fourth-order valence-corrected chi connectivity index (χ4v) is 7.86. The predicted octanol–water partition coefficient (Wildman–Crippen LogP) is 7.11. The molecule has 12 nitrogen and oxygen atoms in total. The molecule has 0 aliphatic carbocycles. The highest BCUT2D eigenvalue weighted by Gasteiger charge is 2.26. The maximum Gasteiger partial charge on any atom is 0.328 e. The van der Waals surface area contributed by atoms with Crippen molar-refractivity contribution in [3.8, 4) is 11.5 Å². The first-order valence-corrected chi connectivity index (χ1v) is 19.9. The Kier molecular flexibility index (Phi) is 11.9. The number of methoxy groups -OCH3 is 2. The number of H-pyrrole nitrogens is 2. The largest absolute Gasteiger partial charge is 0.483 e. The Morgan fingerprint density at radius 3 is 1.31 bits per heavy atom. The molecule has 0 bridgehead atoms. The van der Waals surface area contributed by atoms with Gasteiger partial charge in [0.2, 0.25) is 0 Å². The molecule has 12 heteroatoms. The first-order valence-electron chi connectivity index (χ1n) is 19.9. The van der Waals surface area contributed by atoms with Gasteiger partial charge in [0.25, 0.3) is 11.8 Å². The Morgan fingerprint density at radius 1 is 0.492 bits per heavy atom. The quantitative estimate of drug-likeness (QED) is 0.0752. The molecule has 0 spiro atoms. The van der Waals surface area contributed by atoms with Gasteiger partial charge in [0.15, 0.2) is 13.2 Å². The second kappa shape index (κ2) is 18.1. The van der Waals surface area contributed by atoms with E-state index in [1.54, 1.807) is 0 Å². The van der Waals surface area contributed by atoms with E-state index in [9.17, 15) is 19.2 Å². The summed E-state index contributed by atoms with van der Waals surface area (Å²) in [4.78, 5) is 59.3. The predicted molar refractivity (Wildman–Crippen MR) is 234 cm³/mol. The maximum atomic E-state index is 13.5. The topological polar surface area (TPSA) is 161 Å². The summed E-state index contributed by atoms with van der Waals surface area (Å²) in [6.07, 6.45) is 4.42. The van der Waals surface area contributed by atoms with Gasteiger partial charge in [-0.15, -0.1) is 0 Å². The Balaban J connectivity index is 1.02. The molecule has 2 amide bonds. The zero-order chi connectivity index (χ0) is 42.3. The average molecular weight is 817 g/mol. The molecule has 0 saturated carbocycles. The third-order valence-electron chi connectivity index (χ3n) is 10.8. The molecule has 61 heavy (non-hydrogen) atoms. The van der Waals surface area contributed by atoms with E-state index in [0.29, 0.717) is 17.9 Å². The molecule has 0 saturated heterocycles. The maximum absolute atomic E-state index is 13.5. The molecule has 2 aromatic heterocycles. The summed E-state index contributed by atoms with van der Waals surface area (Å²) in [7, 11) is 2.58. The molecule has 0 aliphatic rings. The number of benzene rings is 6. The summed E-state index contributed by atoms with van der Waals surface area (Å²) < 4.78 is 22.8. The van der Waals surface area contributed by atoms with Crippen LogP contribution in [-0.4, -0.2) is 73.2 Å². The fourth-order valence-electron chi connectivity index (χ4n) is 7.86. The summed E-state index contributed by atoms with van der Waals surface area (Å²) in [5, 5.41) is 10.9. The highest BCUT2D eigenvalue weighted by atomic mass is 16.5. The number of para-hydroxylation sites is 2. The number of amides is 2. The number of aromatic nitrogens is 2. The number of hydrogen-bond acceptors (Lipinski definition) is 8. The molecule has 2 atom stereocenters. The van der Waals surface area contributed by atoms with Crippen molar-refractivity contribution in [1.29, 1.82) is 0 Å². The Bertz CT molecular complexity index is 2700. The van der Waals surface area contributed by atoms with Crippen molar-refractivity contribution in [2.45, 2.75) is 31.3 Å². The monoisotopic (exact) mass is 816 g/mol. The Hall–Kier alpha value is -7.60. The molecule has 308 valence electrons. The van der Waals surface area contributed by atoms with Gasteiger partial charge < -0.3 is 39.5 Å². The minimum absolute atomic E-state index is 0.220. The van der Waals surface area contributed by atoms with E-state index in [2.05, 4.69) is 20.6 Å². The summed E-state index contributed by atoms with van der Waals surface area (Å²) in [5.41, 5.74) is 5.11. The number of carbonyl (C=O) groups excluding carboxylic acids is 4. The summed E-state index contributed by atoms with van der Waals surface area (Å²) in [5.74, 6) is -1.15. The molecule has 0 aliphatic heterocycles. The number of nitrogens with one attached hydrogen (secondary N) is 4. The molecular weight excluding hydrogens is 773 g/mol. The van der Waals surface area contributed by atoms with Gasteiger partial charge in [0.1, 0.15) is 23.6 Å². The number of esters is 2. The van der Waals surface area contributed by atoms with E-state index < -0.39 is 35.8 Å². The molecule has 8 aromatic rings. The summed E-state index contributed by atoms with van der Waals surface area (Å²) in [6.45, 7) is -0.743. The number of aromatic amines is 2. The average Bonchev–Trinajstić information content (AvgIpc) is 3.90. The van der Waals surface area contributed by atoms with E-state index in [4.69, 9.17) is 18.9 Å². The SMILES string of the molecule is COC(=O)C(Cc1c[nH]c2ccccc12)NC(=O)COc1c(Cc2ccc3ccccc3c2OCC(=O)NC(Cc2c[nH]c3ccccc23)C(=O)OC)ccc2ccccc12. The van der Waals surface area contributed by atoms with E-state index in [-0.39, 0.29) is 26.1 Å². The van der Waals surface area contributed by atoms with Gasteiger partial charge in [-0.25, -0.2) is 9.59 Å². The number of carbonyl (C=O) groups is 4. The van der Waals surface area contributed by atoms with Crippen molar-refractivity contribution in [2.75, 3.05) is 27.4 Å². The fraction of sp³-hybridized carbons (Fsp3) is 0.184. The third-order valence-corrected chi connectivity index (χ3v) is 10.8. The van der Waals surface area contributed by atoms with Gasteiger partial charge in [0, 0.05) is 64.2 Å². The van der Waals surface area contributed by atoms with Gasteiger partial charge >= 0.3 is 11.9 Å². The lowest BCUT2D eigenvalue weighted by molar-refractivity contribution is -0.145. The van der Waals surface area contributed by atoms with Crippen LogP contribution in [0.1, 0.15) is 22.3 Å². The van der Waals surface area contributed by atoms with Crippen molar-refractivity contribution >= 4 is 67.1 Å². The second-order valence-electron chi connectivity index (χ2n) is 14.7. The Labute approximate surface area is 351 Å². The van der Waals surface area contributed by atoms with Crippen molar-refractivity contribution < 1.29 is 38.1 Å². The summed E-state index contributed by atoms with van der Waals surface area (Å²) in [6, 6.07) is 36.9. The lowest BCUT2D eigenvalue weighted by Gasteiger charge is -2.20. The van der Waals surface area contributed by atoms with Gasteiger partial charge in [0.05, 0.1) is 14.2 Å². The van der Waals surface area contributed by atoms with Gasteiger partial charge in [-0.1, -0.05) is 109 Å². The molecule has 4 N–H and O–H groups in total. The van der Waals surface area contributed by atoms with Crippen molar-refractivity contribution in [2.24, 2.45) is 0 Å².